The van der Waals surface area contributed by atoms with E-state index in [1.54, 1.807) is 35.1 Å². The van der Waals surface area contributed by atoms with Gasteiger partial charge in [-0.25, -0.2) is 0 Å². The Balaban J connectivity index is 2.03. The van der Waals surface area contributed by atoms with Gasteiger partial charge >= 0.3 is 0 Å². The van der Waals surface area contributed by atoms with E-state index in [2.05, 4.69) is 46.9 Å². The van der Waals surface area contributed by atoms with E-state index in [1.165, 1.54) is 20.9 Å². The van der Waals surface area contributed by atoms with Gasteiger partial charge in [-0.3, -0.25) is 0 Å². The molecule has 2 aromatic rings. The smallest absolute Gasteiger partial charge is 0.0670 e. The van der Waals surface area contributed by atoms with E-state index in [0.29, 0.717) is 0 Å². The van der Waals surface area contributed by atoms with Crippen LogP contribution in [0, 0.1) is 13.8 Å². The molecule has 0 fully saturated rings. The van der Waals surface area contributed by atoms with Gasteiger partial charge in [0.15, 0.2) is 0 Å². The van der Waals surface area contributed by atoms with Crippen molar-refractivity contribution in [1.82, 2.24) is 0 Å². The zero-order valence-electron chi connectivity index (χ0n) is 9.18. The Morgan fingerprint density at radius 1 is 0.875 bits per heavy atom. The Kier molecular flexibility index (Phi) is 3.64. The molecule has 0 bridgehead atoms. The zero-order chi connectivity index (χ0) is 11.4. The van der Waals surface area contributed by atoms with E-state index in [1.807, 2.05) is 0 Å². The van der Waals surface area contributed by atoms with Crippen molar-refractivity contribution in [2.75, 3.05) is 0 Å². The first-order valence-electron chi connectivity index (χ1n) is 4.92. The fraction of sp³-hybridized carbons (Fsp3) is 0.167. The third kappa shape index (κ3) is 2.65. The molecule has 0 unspecified atom stereocenters. The molecule has 0 N–H and O–H groups in total. The van der Waals surface area contributed by atoms with Gasteiger partial charge in [0.25, 0.3) is 0 Å². The number of thiophene rings is 2. The summed E-state index contributed by atoms with van der Waals surface area (Å²) in [6, 6.07) is 4.16. The number of hydrogen-bond donors (Lipinski definition) is 0. The predicted octanol–water partition coefficient (Wildman–Crippen LogP) is 3.88. The Hall–Kier alpha value is -1.26. The van der Waals surface area contributed by atoms with Gasteiger partial charge in [0.2, 0.25) is 0 Å². The second kappa shape index (κ2) is 5.18. The van der Waals surface area contributed by atoms with Crippen LogP contribution in [0.5, 0.6) is 0 Å². The lowest BCUT2D eigenvalue weighted by atomic mass is 10.3. The van der Waals surface area contributed by atoms with Gasteiger partial charge in [-0.2, -0.15) is 10.2 Å². The fourth-order valence-corrected chi connectivity index (χ4v) is 2.77. The van der Waals surface area contributed by atoms with Crippen molar-refractivity contribution in [3.8, 4) is 0 Å². The molecule has 0 atom stereocenters. The minimum absolute atomic E-state index is 1.17. The fourth-order valence-electron chi connectivity index (χ4n) is 1.20. The summed E-state index contributed by atoms with van der Waals surface area (Å²) in [4.78, 5) is 2.33. The largest absolute Gasteiger partial charge is 0.158 e. The molecule has 16 heavy (non-hydrogen) atoms. The summed E-state index contributed by atoms with van der Waals surface area (Å²) in [5.74, 6) is 0. The van der Waals surface area contributed by atoms with Gasteiger partial charge in [-0.1, -0.05) is 0 Å². The standard InChI is InChI=1S/C12H12N2S2/c1-9-3-5-15-11(9)7-13-14-8-12-10(2)4-6-16-12/h3-8H,1-2H3/b13-7+,14-8+. The van der Waals surface area contributed by atoms with E-state index >= 15 is 0 Å². The van der Waals surface area contributed by atoms with Gasteiger partial charge in [0.1, 0.15) is 0 Å². The number of hydrogen-bond acceptors (Lipinski definition) is 4. The first-order chi connectivity index (χ1) is 7.77. The minimum Gasteiger partial charge on any atom is -0.158 e. The van der Waals surface area contributed by atoms with Crippen LogP contribution < -0.4 is 0 Å². The highest BCUT2D eigenvalue weighted by Gasteiger charge is 1.95. The van der Waals surface area contributed by atoms with Crippen molar-refractivity contribution in [1.29, 1.82) is 0 Å². The third-order valence-electron chi connectivity index (χ3n) is 2.22. The first kappa shape index (κ1) is 11.2. The van der Waals surface area contributed by atoms with Crippen LogP contribution in [-0.2, 0) is 0 Å². The molecule has 2 rings (SSSR count). The Morgan fingerprint density at radius 3 is 1.62 bits per heavy atom. The quantitative estimate of drug-likeness (QED) is 0.582. The summed E-state index contributed by atoms with van der Waals surface area (Å²) >= 11 is 3.36. The van der Waals surface area contributed by atoms with Crippen LogP contribution in [0.3, 0.4) is 0 Å². The molecule has 4 heteroatoms. The summed E-state index contributed by atoms with van der Waals surface area (Å²) in [7, 11) is 0. The topological polar surface area (TPSA) is 24.7 Å². The zero-order valence-corrected chi connectivity index (χ0v) is 10.8. The van der Waals surface area contributed by atoms with Gasteiger partial charge in [-0.05, 0) is 47.9 Å². The molecule has 0 spiro atoms. The summed E-state index contributed by atoms with van der Waals surface area (Å²) < 4.78 is 0. The maximum atomic E-state index is 4.05. The first-order valence-corrected chi connectivity index (χ1v) is 6.68. The van der Waals surface area contributed by atoms with E-state index in [0.717, 1.165) is 0 Å². The van der Waals surface area contributed by atoms with Crippen LogP contribution in [-0.4, -0.2) is 12.4 Å². The summed E-state index contributed by atoms with van der Waals surface area (Å²) in [5, 5.41) is 12.2. The summed E-state index contributed by atoms with van der Waals surface area (Å²) in [6.07, 6.45) is 3.61. The maximum absolute atomic E-state index is 4.05. The van der Waals surface area contributed by atoms with Crippen LogP contribution in [0.1, 0.15) is 20.9 Å². The monoisotopic (exact) mass is 248 g/mol. The molecular weight excluding hydrogens is 236 g/mol. The molecule has 0 aliphatic rings. The molecule has 2 heterocycles. The molecule has 0 aromatic carbocycles. The van der Waals surface area contributed by atoms with Crippen molar-refractivity contribution in [3.63, 3.8) is 0 Å². The van der Waals surface area contributed by atoms with Gasteiger partial charge in [0, 0.05) is 0 Å². The molecule has 0 aliphatic carbocycles. The lowest BCUT2D eigenvalue weighted by Gasteiger charge is -1.87. The van der Waals surface area contributed by atoms with Crippen LogP contribution in [0.4, 0.5) is 0 Å². The number of aryl methyl sites for hydroxylation is 2. The highest BCUT2D eigenvalue weighted by Crippen LogP contribution is 2.13. The average molecular weight is 248 g/mol. The molecule has 2 aromatic heterocycles. The molecule has 0 radical (unpaired) electrons. The highest BCUT2D eigenvalue weighted by molar-refractivity contribution is 7.12. The molecule has 82 valence electrons. The van der Waals surface area contributed by atoms with E-state index < -0.39 is 0 Å². The molecule has 0 aliphatic heterocycles. The van der Waals surface area contributed by atoms with Crippen molar-refractivity contribution >= 4 is 35.1 Å². The van der Waals surface area contributed by atoms with Crippen LogP contribution in [0.2, 0.25) is 0 Å². The molecule has 0 amide bonds. The van der Waals surface area contributed by atoms with E-state index in [4.69, 9.17) is 0 Å². The predicted molar refractivity (Wildman–Crippen MR) is 73.3 cm³/mol. The number of nitrogens with zero attached hydrogens (tertiary/aromatic N) is 2. The van der Waals surface area contributed by atoms with Crippen LogP contribution >= 0.6 is 22.7 Å². The summed E-state index contributed by atoms with van der Waals surface area (Å²) in [6.45, 7) is 4.15. The molecule has 0 saturated heterocycles. The highest BCUT2D eigenvalue weighted by atomic mass is 32.1. The Labute approximate surface area is 103 Å². The van der Waals surface area contributed by atoms with Crippen molar-refractivity contribution < 1.29 is 0 Å². The maximum Gasteiger partial charge on any atom is 0.0670 e. The minimum atomic E-state index is 1.17. The lowest BCUT2D eigenvalue weighted by molar-refractivity contribution is 1.27. The van der Waals surface area contributed by atoms with Crippen LogP contribution in [0.25, 0.3) is 0 Å². The Bertz CT molecular complexity index is 472. The molecular formula is C12H12N2S2. The SMILES string of the molecule is Cc1ccsc1/C=N/N=C/c1sccc1C. The van der Waals surface area contributed by atoms with Gasteiger partial charge in [0.05, 0.1) is 22.2 Å². The third-order valence-corrected chi connectivity index (χ3v) is 4.13. The molecule has 0 saturated carbocycles. The summed E-state index contributed by atoms with van der Waals surface area (Å²) in [5.41, 5.74) is 2.49. The second-order valence-corrected chi connectivity index (χ2v) is 5.32. The van der Waals surface area contributed by atoms with Crippen LogP contribution in [0.15, 0.2) is 33.1 Å². The molecule has 2 nitrogen and oxygen atoms in total. The van der Waals surface area contributed by atoms with Crippen molar-refractivity contribution in [3.05, 3.63) is 43.8 Å². The van der Waals surface area contributed by atoms with Gasteiger partial charge < -0.3 is 0 Å². The number of rotatable bonds is 3. The van der Waals surface area contributed by atoms with E-state index in [9.17, 15) is 0 Å². The van der Waals surface area contributed by atoms with Crippen molar-refractivity contribution in [2.24, 2.45) is 10.2 Å². The van der Waals surface area contributed by atoms with Crippen molar-refractivity contribution in [2.45, 2.75) is 13.8 Å². The average Bonchev–Trinajstić information content (AvgIpc) is 2.84. The Morgan fingerprint density at radius 2 is 1.31 bits per heavy atom. The normalized spacial score (nSPS) is 11.9. The van der Waals surface area contributed by atoms with E-state index in [-0.39, 0.29) is 0 Å². The second-order valence-electron chi connectivity index (χ2n) is 3.42. The van der Waals surface area contributed by atoms with Gasteiger partial charge in [-0.15, -0.1) is 22.7 Å². The lowest BCUT2D eigenvalue weighted by Crippen LogP contribution is -1.79.